The summed E-state index contributed by atoms with van der Waals surface area (Å²) in [6.45, 7) is 9.29. The molecule has 2 N–H and O–H groups in total. The predicted molar refractivity (Wildman–Crippen MR) is 162 cm³/mol. The van der Waals surface area contributed by atoms with E-state index in [0.29, 0.717) is 36.7 Å². The lowest BCUT2D eigenvalue weighted by molar-refractivity contribution is -0.155. The van der Waals surface area contributed by atoms with E-state index in [-0.39, 0.29) is 57.2 Å². The number of amides is 3. The van der Waals surface area contributed by atoms with Gasteiger partial charge in [-0.05, 0) is 40.5 Å². The zero-order chi connectivity index (χ0) is 31.9. The van der Waals surface area contributed by atoms with Crippen LogP contribution in [0.25, 0.3) is 11.4 Å². The minimum atomic E-state index is -1.05. The highest BCUT2D eigenvalue weighted by atomic mass is 16.6. The summed E-state index contributed by atoms with van der Waals surface area (Å²) in [5, 5.41) is 12.9. The van der Waals surface area contributed by atoms with E-state index < -0.39 is 35.7 Å². The monoisotopic (exact) mass is 610 g/mol. The van der Waals surface area contributed by atoms with E-state index in [2.05, 4.69) is 15.3 Å². The Bertz CT molecular complexity index is 1320. The highest BCUT2D eigenvalue weighted by molar-refractivity contribution is 5.97. The summed E-state index contributed by atoms with van der Waals surface area (Å²) >= 11 is 0. The molecule has 2 aliphatic heterocycles. The number of carbonyl (C=O) groups is 4. The second kappa shape index (κ2) is 14.5. The van der Waals surface area contributed by atoms with E-state index in [0.717, 1.165) is 0 Å². The van der Waals surface area contributed by atoms with E-state index in [1.54, 1.807) is 38.7 Å². The van der Waals surface area contributed by atoms with Crippen LogP contribution in [-0.2, 0) is 19.1 Å². The van der Waals surface area contributed by atoms with Crippen LogP contribution in [0.2, 0.25) is 0 Å². The minimum absolute atomic E-state index is 0.0133. The summed E-state index contributed by atoms with van der Waals surface area (Å²) in [5.74, 6) is -0.627. The van der Waals surface area contributed by atoms with Gasteiger partial charge in [0.15, 0.2) is 5.82 Å². The fourth-order valence-electron chi connectivity index (χ4n) is 5.07. The van der Waals surface area contributed by atoms with Gasteiger partial charge in [-0.3, -0.25) is 14.4 Å². The minimum Gasteiger partial charge on any atom is -0.460 e. The number of nitrogens with one attached hydrogen (secondary N) is 1. The smallest absolute Gasteiger partial charge is 0.409 e. The molecule has 0 aliphatic carbocycles. The number of aliphatic hydroxyl groups is 1. The predicted octanol–water partition coefficient (Wildman–Crippen LogP) is 2.24. The first kappa shape index (κ1) is 32.6. The Labute approximate surface area is 257 Å². The van der Waals surface area contributed by atoms with Gasteiger partial charge in [0.25, 0.3) is 5.91 Å². The standard InChI is InChI=1S/C31H42N6O7/c1-5-43-30(42)36-17-15-35(16-18-36)29(41)23(11-12-26(39)44-31(2,3)4)33-28(40)24-19-25(37-14-13-22(38)20-37)34-27(32-24)21-9-7-6-8-10-21/h6-10,19,22-23,38H,5,11-18,20H2,1-4H3,(H,33,40)/t22-,23?/m1/s1. The normalized spacial score (nSPS) is 17.7. The Morgan fingerprint density at radius 3 is 2.32 bits per heavy atom. The molecule has 1 aromatic heterocycles. The summed E-state index contributed by atoms with van der Waals surface area (Å²) in [6, 6.07) is 9.73. The van der Waals surface area contributed by atoms with Crippen LogP contribution in [0.3, 0.4) is 0 Å². The van der Waals surface area contributed by atoms with Gasteiger partial charge in [0.1, 0.15) is 23.2 Å². The van der Waals surface area contributed by atoms with Crippen LogP contribution in [0, 0.1) is 0 Å². The van der Waals surface area contributed by atoms with Gasteiger partial charge in [-0.1, -0.05) is 30.3 Å². The number of benzene rings is 1. The maximum absolute atomic E-state index is 13.7. The third kappa shape index (κ3) is 8.88. The number of hydrogen-bond donors (Lipinski definition) is 2. The lowest BCUT2D eigenvalue weighted by Gasteiger charge is -2.36. The third-order valence-electron chi connectivity index (χ3n) is 7.24. The number of aliphatic hydroxyl groups excluding tert-OH is 1. The SMILES string of the molecule is CCOC(=O)N1CCN(C(=O)C(CCC(=O)OC(C)(C)C)NC(=O)c2cc(N3CC[C@@H](O)C3)nc(-c3ccccc3)n2)CC1. The van der Waals surface area contributed by atoms with Crippen molar-refractivity contribution in [2.24, 2.45) is 0 Å². The molecule has 238 valence electrons. The van der Waals surface area contributed by atoms with Crippen molar-refractivity contribution >= 4 is 29.7 Å². The van der Waals surface area contributed by atoms with Crippen LogP contribution in [0.1, 0.15) is 57.4 Å². The largest absolute Gasteiger partial charge is 0.460 e. The van der Waals surface area contributed by atoms with Gasteiger partial charge in [-0.2, -0.15) is 0 Å². The Kier molecular flexibility index (Phi) is 10.7. The summed E-state index contributed by atoms with van der Waals surface area (Å²) < 4.78 is 10.5. The van der Waals surface area contributed by atoms with Crippen molar-refractivity contribution in [2.75, 3.05) is 50.8 Å². The lowest BCUT2D eigenvalue weighted by atomic mass is 10.1. The average Bonchev–Trinajstić information content (AvgIpc) is 3.44. The van der Waals surface area contributed by atoms with Gasteiger partial charge >= 0.3 is 12.1 Å². The molecule has 44 heavy (non-hydrogen) atoms. The molecule has 2 aromatic rings. The zero-order valence-corrected chi connectivity index (χ0v) is 25.8. The second-order valence-corrected chi connectivity index (χ2v) is 11.9. The quantitative estimate of drug-likeness (QED) is 0.404. The number of hydrogen-bond acceptors (Lipinski definition) is 10. The summed E-state index contributed by atoms with van der Waals surface area (Å²) in [5.41, 5.74) is 0.0649. The first-order valence-corrected chi connectivity index (χ1v) is 15.0. The van der Waals surface area contributed by atoms with E-state index in [9.17, 15) is 24.3 Å². The van der Waals surface area contributed by atoms with Gasteiger partial charge < -0.3 is 34.6 Å². The van der Waals surface area contributed by atoms with Gasteiger partial charge in [0.2, 0.25) is 5.91 Å². The topological polar surface area (TPSA) is 154 Å². The molecule has 4 rings (SSSR count). The number of nitrogens with zero attached hydrogens (tertiary/aromatic N) is 5. The Hall–Kier alpha value is -4.26. The fraction of sp³-hybridized carbons (Fsp3) is 0.548. The van der Waals surface area contributed by atoms with Crippen molar-refractivity contribution in [1.82, 2.24) is 25.1 Å². The van der Waals surface area contributed by atoms with Crippen molar-refractivity contribution in [1.29, 1.82) is 0 Å². The molecule has 13 nitrogen and oxygen atoms in total. The number of ether oxygens (including phenoxy) is 2. The van der Waals surface area contributed by atoms with E-state index in [1.807, 2.05) is 35.2 Å². The number of aromatic nitrogens is 2. The molecule has 1 unspecified atom stereocenters. The van der Waals surface area contributed by atoms with Crippen molar-refractivity contribution < 1.29 is 33.8 Å². The average molecular weight is 611 g/mol. The number of esters is 1. The number of carbonyl (C=O) groups excluding carboxylic acids is 4. The summed E-state index contributed by atoms with van der Waals surface area (Å²) in [7, 11) is 0. The molecule has 2 aliphatic rings. The van der Waals surface area contributed by atoms with Crippen LogP contribution in [0.15, 0.2) is 36.4 Å². The number of anilines is 1. The van der Waals surface area contributed by atoms with Crippen LogP contribution in [-0.4, -0.2) is 112 Å². The molecule has 2 fully saturated rings. The third-order valence-corrected chi connectivity index (χ3v) is 7.24. The van der Waals surface area contributed by atoms with E-state index in [4.69, 9.17) is 9.47 Å². The highest BCUT2D eigenvalue weighted by Gasteiger charge is 2.32. The molecule has 0 bridgehead atoms. The molecule has 1 aromatic carbocycles. The van der Waals surface area contributed by atoms with Gasteiger partial charge in [0, 0.05) is 57.3 Å². The van der Waals surface area contributed by atoms with Crippen molar-refractivity contribution in [3.63, 3.8) is 0 Å². The Morgan fingerprint density at radius 1 is 1.02 bits per heavy atom. The number of piperazine rings is 1. The zero-order valence-electron chi connectivity index (χ0n) is 25.8. The molecule has 2 atom stereocenters. The molecule has 3 amide bonds. The van der Waals surface area contributed by atoms with E-state index >= 15 is 0 Å². The van der Waals surface area contributed by atoms with Gasteiger partial charge in [0.05, 0.1) is 12.7 Å². The van der Waals surface area contributed by atoms with Crippen molar-refractivity contribution in [3.8, 4) is 11.4 Å². The molecule has 0 radical (unpaired) electrons. The van der Waals surface area contributed by atoms with E-state index in [1.165, 1.54) is 4.90 Å². The highest BCUT2D eigenvalue weighted by Crippen LogP contribution is 2.24. The maximum atomic E-state index is 13.7. The molecular weight excluding hydrogens is 568 g/mol. The molecule has 0 saturated carbocycles. The van der Waals surface area contributed by atoms with Gasteiger partial charge in [-0.15, -0.1) is 0 Å². The second-order valence-electron chi connectivity index (χ2n) is 11.9. The maximum Gasteiger partial charge on any atom is 0.409 e. The first-order chi connectivity index (χ1) is 20.9. The molecule has 2 saturated heterocycles. The number of β-amino-alcohol motifs (C(OH)–C–C–N with tert-alkyl or cyclic N) is 1. The lowest BCUT2D eigenvalue weighted by Crippen LogP contribution is -2.56. The number of rotatable bonds is 9. The van der Waals surface area contributed by atoms with Gasteiger partial charge in [-0.25, -0.2) is 14.8 Å². The van der Waals surface area contributed by atoms with Crippen molar-refractivity contribution in [3.05, 3.63) is 42.1 Å². The van der Waals surface area contributed by atoms with Crippen LogP contribution in [0.5, 0.6) is 0 Å². The Morgan fingerprint density at radius 2 is 1.70 bits per heavy atom. The van der Waals surface area contributed by atoms with Crippen LogP contribution in [0.4, 0.5) is 10.6 Å². The first-order valence-electron chi connectivity index (χ1n) is 15.0. The van der Waals surface area contributed by atoms with Crippen LogP contribution < -0.4 is 10.2 Å². The molecule has 3 heterocycles. The molecular formula is C31H42N6O7. The summed E-state index contributed by atoms with van der Waals surface area (Å²) in [6.07, 6.45) is -0.432. The fourth-order valence-corrected chi connectivity index (χ4v) is 5.07. The van der Waals surface area contributed by atoms with Crippen molar-refractivity contribution in [2.45, 2.75) is 64.7 Å². The van der Waals surface area contributed by atoms with Crippen LogP contribution >= 0.6 is 0 Å². The molecule has 0 spiro atoms. The summed E-state index contributed by atoms with van der Waals surface area (Å²) in [4.78, 5) is 66.3. The Balaban J connectivity index is 1.56. The molecule has 13 heteroatoms.